The second-order valence-corrected chi connectivity index (χ2v) is 6.51. The highest BCUT2D eigenvalue weighted by molar-refractivity contribution is 9.11. The average molecular weight is 320 g/mol. The van der Waals surface area contributed by atoms with E-state index in [1.807, 2.05) is 12.1 Å². The summed E-state index contributed by atoms with van der Waals surface area (Å²) in [7, 11) is 0. The Hall–Kier alpha value is -0.370. The van der Waals surface area contributed by atoms with Gasteiger partial charge in [0.1, 0.15) is 0 Å². The van der Waals surface area contributed by atoms with Gasteiger partial charge in [-0.05, 0) is 28.1 Å². The third-order valence-corrected chi connectivity index (χ3v) is 4.33. The molecule has 0 aliphatic rings. The minimum Gasteiger partial charge on any atom is -0.419 e. The van der Waals surface area contributed by atoms with Crippen LogP contribution in [0.2, 0.25) is 0 Å². The first-order valence-corrected chi connectivity index (χ1v) is 7.42. The van der Waals surface area contributed by atoms with Crippen molar-refractivity contribution in [2.75, 3.05) is 12.3 Å². The fourth-order valence-corrected chi connectivity index (χ4v) is 2.99. The second-order valence-electron chi connectivity index (χ2n) is 2.95. The Morgan fingerprint density at radius 3 is 3.00 bits per heavy atom. The monoisotopic (exact) mass is 319 g/mol. The molecule has 2 N–H and O–H groups in total. The summed E-state index contributed by atoms with van der Waals surface area (Å²) < 4.78 is 6.59. The number of hydrogen-bond donors (Lipinski definition) is 1. The molecule has 86 valence electrons. The highest BCUT2D eigenvalue weighted by Gasteiger charge is 2.10. The van der Waals surface area contributed by atoms with E-state index in [9.17, 15) is 0 Å². The van der Waals surface area contributed by atoms with Crippen molar-refractivity contribution in [3.05, 3.63) is 21.8 Å². The lowest BCUT2D eigenvalue weighted by molar-refractivity contribution is 0.529. The van der Waals surface area contributed by atoms with E-state index in [1.165, 1.54) is 0 Å². The molecule has 2 aromatic heterocycles. The highest BCUT2D eigenvalue weighted by atomic mass is 79.9. The summed E-state index contributed by atoms with van der Waals surface area (Å²) in [6.45, 7) is 0.670. The molecule has 0 amide bonds. The predicted molar refractivity (Wildman–Crippen MR) is 70.5 cm³/mol. The first-order valence-electron chi connectivity index (χ1n) is 4.65. The van der Waals surface area contributed by atoms with Gasteiger partial charge in [-0.25, -0.2) is 0 Å². The molecule has 7 heteroatoms. The van der Waals surface area contributed by atoms with E-state index in [0.717, 1.165) is 20.2 Å². The maximum absolute atomic E-state index is 5.54. The zero-order valence-corrected chi connectivity index (χ0v) is 11.6. The molecule has 2 heterocycles. The molecule has 0 unspecified atom stereocenters. The summed E-state index contributed by atoms with van der Waals surface area (Å²) in [6.07, 6.45) is 0. The zero-order valence-electron chi connectivity index (χ0n) is 8.35. The topological polar surface area (TPSA) is 64.9 Å². The highest BCUT2D eigenvalue weighted by Crippen LogP contribution is 2.30. The number of hydrogen-bond acceptors (Lipinski definition) is 6. The summed E-state index contributed by atoms with van der Waals surface area (Å²) >= 11 is 6.67. The molecule has 0 aliphatic carbocycles. The summed E-state index contributed by atoms with van der Waals surface area (Å²) in [4.78, 5) is 0.981. The van der Waals surface area contributed by atoms with Crippen molar-refractivity contribution >= 4 is 39.0 Å². The van der Waals surface area contributed by atoms with Crippen molar-refractivity contribution in [2.45, 2.75) is 5.75 Å². The van der Waals surface area contributed by atoms with Gasteiger partial charge in [0.2, 0.25) is 5.89 Å². The summed E-state index contributed by atoms with van der Waals surface area (Å²) in [5.74, 6) is 2.86. The van der Waals surface area contributed by atoms with E-state index in [1.54, 1.807) is 23.1 Å². The SMILES string of the molecule is NCCSCc1nnc(-c2ccc(Br)s2)o1. The third-order valence-electron chi connectivity index (χ3n) is 1.74. The maximum atomic E-state index is 5.54. The van der Waals surface area contributed by atoms with Gasteiger partial charge < -0.3 is 10.2 Å². The van der Waals surface area contributed by atoms with Crippen LogP contribution in [0, 0.1) is 0 Å². The number of nitrogens with two attached hydrogens (primary N) is 1. The predicted octanol–water partition coefficient (Wildman–Crippen LogP) is 2.75. The van der Waals surface area contributed by atoms with Crippen LogP contribution in [0.4, 0.5) is 0 Å². The van der Waals surface area contributed by atoms with E-state index in [-0.39, 0.29) is 0 Å². The van der Waals surface area contributed by atoms with E-state index in [2.05, 4.69) is 26.1 Å². The Labute approximate surface area is 110 Å². The van der Waals surface area contributed by atoms with Crippen LogP contribution in [-0.4, -0.2) is 22.5 Å². The standard InChI is InChI=1S/C9H10BrN3OS2/c10-7-2-1-6(16-7)9-13-12-8(14-9)5-15-4-3-11/h1-2H,3-5,11H2. The van der Waals surface area contributed by atoms with Crippen molar-refractivity contribution in [3.63, 3.8) is 0 Å². The van der Waals surface area contributed by atoms with Gasteiger partial charge in [0.15, 0.2) is 0 Å². The molecule has 0 saturated carbocycles. The molecular weight excluding hydrogens is 310 g/mol. The van der Waals surface area contributed by atoms with Crippen molar-refractivity contribution < 1.29 is 4.42 Å². The van der Waals surface area contributed by atoms with E-state index < -0.39 is 0 Å². The third kappa shape index (κ3) is 3.07. The minimum absolute atomic E-state index is 0.582. The average Bonchev–Trinajstić information content (AvgIpc) is 2.87. The van der Waals surface area contributed by atoms with Crippen LogP contribution in [0.15, 0.2) is 20.3 Å². The molecule has 0 atom stereocenters. The van der Waals surface area contributed by atoms with Crippen molar-refractivity contribution in [1.82, 2.24) is 10.2 Å². The molecule has 2 rings (SSSR count). The minimum atomic E-state index is 0.582. The quantitative estimate of drug-likeness (QED) is 0.858. The van der Waals surface area contributed by atoms with Crippen molar-refractivity contribution in [3.8, 4) is 10.8 Å². The van der Waals surface area contributed by atoms with E-state index in [4.69, 9.17) is 10.2 Å². The van der Waals surface area contributed by atoms with Gasteiger partial charge in [-0.15, -0.1) is 21.5 Å². The van der Waals surface area contributed by atoms with Crippen LogP contribution in [0.1, 0.15) is 5.89 Å². The van der Waals surface area contributed by atoms with Gasteiger partial charge in [-0.1, -0.05) is 0 Å². The van der Waals surface area contributed by atoms with Crippen LogP contribution in [0.25, 0.3) is 10.8 Å². The molecule has 0 fully saturated rings. The van der Waals surface area contributed by atoms with Crippen LogP contribution in [-0.2, 0) is 5.75 Å². The lowest BCUT2D eigenvalue weighted by atomic mass is 10.5. The lowest BCUT2D eigenvalue weighted by Crippen LogP contribution is -2.01. The van der Waals surface area contributed by atoms with Gasteiger partial charge in [0, 0.05) is 12.3 Å². The number of aromatic nitrogens is 2. The fraction of sp³-hybridized carbons (Fsp3) is 0.333. The molecular formula is C9H10BrN3OS2. The molecule has 2 aromatic rings. The Kier molecular flexibility index (Phi) is 4.39. The van der Waals surface area contributed by atoms with Crippen LogP contribution in [0.5, 0.6) is 0 Å². The lowest BCUT2D eigenvalue weighted by Gasteiger charge is -1.92. The van der Waals surface area contributed by atoms with Gasteiger partial charge in [-0.2, -0.15) is 11.8 Å². The molecule has 0 spiro atoms. The summed E-state index contributed by atoms with van der Waals surface area (Å²) in [6, 6.07) is 3.92. The van der Waals surface area contributed by atoms with Crippen molar-refractivity contribution in [2.24, 2.45) is 5.73 Å². The van der Waals surface area contributed by atoms with E-state index >= 15 is 0 Å². The maximum Gasteiger partial charge on any atom is 0.257 e. The smallest absolute Gasteiger partial charge is 0.257 e. The van der Waals surface area contributed by atoms with Gasteiger partial charge in [0.05, 0.1) is 14.4 Å². The number of thiophene rings is 1. The van der Waals surface area contributed by atoms with Gasteiger partial charge in [-0.3, -0.25) is 0 Å². The van der Waals surface area contributed by atoms with Gasteiger partial charge in [0.25, 0.3) is 5.89 Å². The van der Waals surface area contributed by atoms with Crippen molar-refractivity contribution in [1.29, 1.82) is 0 Å². The molecule has 0 aromatic carbocycles. The molecule has 4 nitrogen and oxygen atoms in total. The largest absolute Gasteiger partial charge is 0.419 e. The van der Waals surface area contributed by atoms with E-state index in [0.29, 0.717) is 18.3 Å². The molecule has 0 radical (unpaired) electrons. The number of rotatable bonds is 5. The van der Waals surface area contributed by atoms with Crippen LogP contribution < -0.4 is 5.73 Å². The fourth-order valence-electron chi connectivity index (χ4n) is 1.08. The molecule has 0 saturated heterocycles. The molecule has 0 aliphatic heterocycles. The molecule has 0 bridgehead atoms. The van der Waals surface area contributed by atoms with Crippen LogP contribution >= 0.6 is 39.0 Å². The van der Waals surface area contributed by atoms with Gasteiger partial charge >= 0.3 is 0 Å². The van der Waals surface area contributed by atoms with Crippen LogP contribution in [0.3, 0.4) is 0 Å². The number of nitrogens with zero attached hydrogens (tertiary/aromatic N) is 2. The number of halogens is 1. The Bertz CT molecular complexity index is 457. The Morgan fingerprint density at radius 2 is 2.31 bits per heavy atom. The summed E-state index contributed by atoms with van der Waals surface area (Å²) in [5.41, 5.74) is 5.40. The first-order chi connectivity index (χ1) is 7.79. The Morgan fingerprint density at radius 1 is 1.44 bits per heavy atom. The summed E-state index contributed by atoms with van der Waals surface area (Å²) in [5, 5.41) is 7.99. The number of thioether (sulfide) groups is 1. The zero-order chi connectivity index (χ0) is 11.4. The normalized spacial score (nSPS) is 10.9. The first kappa shape index (κ1) is 12.1. The molecule has 16 heavy (non-hydrogen) atoms. The second kappa shape index (κ2) is 5.81. The Balaban J connectivity index is 2.02.